The van der Waals surface area contributed by atoms with Gasteiger partial charge in [-0.3, -0.25) is 0 Å². The summed E-state index contributed by atoms with van der Waals surface area (Å²) in [6.45, 7) is 0. The smallest absolute Gasteiger partial charge is 0.450 e. The van der Waals surface area contributed by atoms with Crippen molar-refractivity contribution in [2.24, 2.45) is 0 Å². The summed E-state index contributed by atoms with van der Waals surface area (Å²) < 4.78 is 0. The summed E-state index contributed by atoms with van der Waals surface area (Å²) in [5, 5.41) is 13.9. The van der Waals surface area contributed by atoms with Crippen molar-refractivity contribution in [2.45, 2.75) is 0 Å². The molecular formula is CH5NO3Pd. The topological polar surface area (TPSA) is 92.5 Å². The zero-order valence-electron chi connectivity index (χ0n) is 2.83. The van der Waals surface area contributed by atoms with Gasteiger partial charge in [-0.05, 0) is 0 Å². The zero-order chi connectivity index (χ0) is 3.58. The summed E-state index contributed by atoms with van der Waals surface area (Å²) in [5.41, 5.74) is 0. The van der Waals surface area contributed by atoms with Gasteiger partial charge in [0, 0.05) is 20.4 Å². The third-order valence-corrected chi connectivity index (χ3v) is 0. The summed E-state index contributed by atoms with van der Waals surface area (Å²) in [6, 6.07) is 0. The molecule has 6 heavy (non-hydrogen) atoms. The minimum atomic E-state index is -1.83. The average Bonchev–Trinajstić information content (AvgIpc) is 0.811. The molecule has 0 spiro atoms. The zero-order valence-corrected chi connectivity index (χ0v) is 4.38. The van der Waals surface area contributed by atoms with Crippen LogP contribution >= 0.6 is 0 Å². The summed E-state index contributed by atoms with van der Waals surface area (Å²) in [4.78, 5) is 8.56. The van der Waals surface area contributed by atoms with E-state index in [1.807, 2.05) is 0 Å². The molecule has 4 nitrogen and oxygen atoms in total. The van der Waals surface area contributed by atoms with E-state index >= 15 is 0 Å². The Hall–Kier alpha value is -0.108. The molecule has 0 saturated heterocycles. The monoisotopic (exact) mass is 185 g/mol. The molecule has 0 bridgehead atoms. The van der Waals surface area contributed by atoms with Crippen molar-refractivity contribution in [2.75, 3.05) is 0 Å². The molecule has 42 valence electrons. The molecule has 5 heteroatoms. The van der Waals surface area contributed by atoms with Crippen LogP contribution in [0, 0.1) is 0 Å². The molecule has 0 aliphatic heterocycles. The molecule has 0 fully saturated rings. The van der Waals surface area contributed by atoms with Gasteiger partial charge in [0.15, 0.2) is 0 Å². The normalized spacial score (nSPS) is 4.00. The molecule has 5 N–H and O–H groups in total. The molecule has 0 saturated carbocycles. The van der Waals surface area contributed by atoms with Gasteiger partial charge in [-0.1, -0.05) is 0 Å². The predicted octanol–water partition coefficient (Wildman–Crippen LogP) is 0.382. The minimum Gasteiger partial charge on any atom is -0.450 e. The van der Waals surface area contributed by atoms with Crippen LogP contribution in [-0.2, 0) is 20.4 Å². The van der Waals surface area contributed by atoms with Gasteiger partial charge in [0.25, 0.3) is 0 Å². The van der Waals surface area contributed by atoms with Gasteiger partial charge in [0.05, 0.1) is 0 Å². The van der Waals surface area contributed by atoms with E-state index in [0.717, 1.165) is 0 Å². The average molecular weight is 185 g/mol. The standard InChI is InChI=1S/CH2O3.H3N.Pd/c2-1(3)4;;/h(H2,2,3,4);1H3;. The van der Waals surface area contributed by atoms with E-state index in [1.54, 1.807) is 0 Å². The SMILES string of the molecule is N.O=C(O)O.[Pd]. The van der Waals surface area contributed by atoms with E-state index in [0.29, 0.717) is 0 Å². The maximum atomic E-state index is 8.56. The number of rotatable bonds is 0. The molecule has 0 rings (SSSR count). The van der Waals surface area contributed by atoms with Crippen molar-refractivity contribution >= 4 is 6.16 Å². The maximum Gasteiger partial charge on any atom is 0.503 e. The minimum absolute atomic E-state index is 0. The van der Waals surface area contributed by atoms with Crippen LogP contribution in [0.15, 0.2) is 0 Å². The Balaban J connectivity index is -0.0000000450. The number of hydrogen-bond acceptors (Lipinski definition) is 2. The molecular weight excluding hydrogens is 180 g/mol. The van der Waals surface area contributed by atoms with E-state index in [2.05, 4.69) is 0 Å². The predicted molar refractivity (Wildman–Crippen MR) is 15.7 cm³/mol. The maximum absolute atomic E-state index is 8.56. The molecule has 0 unspecified atom stereocenters. The Morgan fingerprint density at radius 3 is 1.33 bits per heavy atom. The molecule has 0 radical (unpaired) electrons. The fraction of sp³-hybridized carbons (Fsp3) is 0. The van der Waals surface area contributed by atoms with Crippen molar-refractivity contribution in [1.82, 2.24) is 6.15 Å². The van der Waals surface area contributed by atoms with Gasteiger partial charge in [0.2, 0.25) is 0 Å². The Bertz CT molecular complexity index is 33.8. The fourth-order valence-corrected chi connectivity index (χ4v) is 0. The van der Waals surface area contributed by atoms with E-state index in [1.165, 1.54) is 0 Å². The fourth-order valence-electron chi connectivity index (χ4n) is 0. The van der Waals surface area contributed by atoms with E-state index in [9.17, 15) is 0 Å². The van der Waals surface area contributed by atoms with Crippen LogP contribution in [0.3, 0.4) is 0 Å². The Morgan fingerprint density at radius 2 is 1.33 bits per heavy atom. The second-order valence-corrected chi connectivity index (χ2v) is 0.283. The molecule has 0 aromatic heterocycles. The van der Waals surface area contributed by atoms with Crippen LogP contribution in [0.2, 0.25) is 0 Å². The summed E-state index contributed by atoms with van der Waals surface area (Å²) >= 11 is 0. The molecule has 0 aromatic carbocycles. The van der Waals surface area contributed by atoms with E-state index in [-0.39, 0.29) is 26.6 Å². The van der Waals surface area contributed by atoms with E-state index in [4.69, 9.17) is 15.0 Å². The number of hydrogen-bond donors (Lipinski definition) is 3. The molecule has 0 aliphatic rings. The molecule has 0 aliphatic carbocycles. The first-order valence-electron chi connectivity index (χ1n) is 0.651. The first-order valence-corrected chi connectivity index (χ1v) is 0.651. The van der Waals surface area contributed by atoms with Crippen molar-refractivity contribution in [1.29, 1.82) is 0 Å². The summed E-state index contributed by atoms with van der Waals surface area (Å²) in [6.07, 6.45) is -1.83. The van der Waals surface area contributed by atoms with Gasteiger partial charge in [-0.25, -0.2) is 4.79 Å². The Morgan fingerprint density at radius 1 is 1.33 bits per heavy atom. The van der Waals surface area contributed by atoms with Crippen LogP contribution in [0.25, 0.3) is 0 Å². The van der Waals surface area contributed by atoms with Crippen molar-refractivity contribution in [3.05, 3.63) is 0 Å². The third kappa shape index (κ3) is 2810. The molecule has 0 amide bonds. The van der Waals surface area contributed by atoms with Gasteiger partial charge >= 0.3 is 6.16 Å². The number of carbonyl (C=O) groups is 1. The van der Waals surface area contributed by atoms with Crippen molar-refractivity contribution < 1.29 is 35.4 Å². The molecule has 0 heterocycles. The first-order chi connectivity index (χ1) is 1.73. The molecule has 0 aromatic rings. The second-order valence-electron chi connectivity index (χ2n) is 0.283. The van der Waals surface area contributed by atoms with Crippen LogP contribution in [0.4, 0.5) is 4.79 Å². The van der Waals surface area contributed by atoms with Gasteiger partial charge < -0.3 is 16.4 Å². The second kappa shape index (κ2) is 8.86. The van der Waals surface area contributed by atoms with Gasteiger partial charge in [-0.2, -0.15) is 0 Å². The largest absolute Gasteiger partial charge is 0.503 e. The van der Waals surface area contributed by atoms with Crippen LogP contribution in [0.5, 0.6) is 0 Å². The van der Waals surface area contributed by atoms with Gasteiger partial charge in [0.1, 0.15) is 0 Å². The van der Waals surface area contributed by atoms with Crippen molar-refractivity contribution in [3.63, 3.8) is 0 Å². The first kappa shape index (κ1) is 16.9. The third-order valence-electron chi connectivity index (χ3n) is 0. The number of carboxylic acid groups (broad SMARTS) is 2. The summed E-state index contributed by atoms with van der Waals surface area (Å²) in [7, 11) is 0. The summed E-state index contributed by atoms with van der Waals surface area (Å²) in [5.74, 6) is 0. The Kier molecular flexibility index (Phi) is 24.9. The van der Waals surface area contributed by atoms with Crippen LogP contribution in [-0.4, -0.2) is 16.4 Å². The van der Waals surface area contributed by atoms with E-state index < -0.39 is 6.16 Å². The quantitative estimate of drug-likeness (QED) is 0.476. The van der Waals surface area contributed by atoms with Gasteiger partial charge in [-0.15, -0.1) is 0 Å². The van der Waals surface area contributed by atoms with Crippen LogP contribution < -0.4 is 6.15 Å². The Labute approximate surface area is 48.4 Å². The van der Waals surface area contributed by atoms with Crippen LogP contribution in [0.1, 0.15) is 0 Å². The van der Waals surface area contributed by atoms with Crippen molar-refractivity contribution in [3.8, 4) is 0 Å². The molecule has 0 atom stereocenters.